The molecule has 0 spiro atoms. The number of halogens is 2. The topological polar surface area (TPSA) is 112 Å². The molecular weight excluding hydrogens is 321 g/mol. The Bertz CT molecular complexity index is 618. The van der Waals surface area contributed by atoms with Gasteiger partial charge in [0.15, 0.2) is 11.5 Å². The molecule has 9 heteroatoms. The van der Waals surface area contributed by atoms with Crippen LogP contribution in [0.2, 0.25) is 0 Å². The van der Waals surface area contributed by atoms with Gasteiger partial charge in [0.2, 0.25) is 0 Å². The molecule has 0 saturated carbocycles. The molecule has 0 aliphatic heterocycles. The van der Waals surface area contributed by atoms with Gasteiger partial charge in [0.05, 0.1) is 10.2 Å². The standard InChI is InChI=1S/C10H9BrFN5O2/c11-6-3-5(1-2-7(6)12)17(18)10(14)9-8(4-13)15-19-16-9/h1-3,14,18H,4,13H2. The summed E-state index contributed by atoms with van der Waals surface area (Å²) in [6.07, 6.45) is 0. The van der Waals surface area contributed by atoms with Gasteiger partial charge >= 0.3 is 0 Å². The molecule has 1 aromatic carbocycles. The van der Waals surface area contributed by atoms with E-state index in [4.69, 9.17) is 11.1 Å². The summed E-state index contributed by atoms with van der Waals surface area (Å²) < 4.78 is 17.7. The number of nitrogens with zero attached hydrogens (tertiary/aromatic N) is 3. The van der Waals surface area contributed by atoms with Crippen molar-refractivity contribution in [3.63, 3.8) is 0 Å². The molecule has 0 aliphatic rings. The molecule has 0 amide bonds. The largest absolute Gasteiger partial charge is 0.325 e. The number of benzene rings is 1. The van der Waals surface area contributed by atoms with E-state index < -0.39 is 5.82 Å². The molecule has 1 aromatic heterocycles. The highest BCUT2D eigenvalue weighted by Crippen LogP contribution is 2.23. The quantitative estimate of drug-likeness (QED) is 0.448. The summed E-state index contributed by atoms with van der Waals surface area (Å²) in [5.74, 6) is -0.852. The maximum Gasteiger partial charge on any atom is 0.182 e. The van der Waals surface area contributed by atoms with Crippen molar-refractivity contribution < 1.29 is 14.2 Å². The van der Waals surface area contributed by atoms with Crippen LogP contribution in [0.3, 0.4) is 0 Å². The molecule has 0 bridgehead atoms. The normalized spacial score (nSPS) is 10.5. The minimum absolute atomic E-state index is 0.0160. The van der Waals surface area contributed by atoms with Crippen molar-refractivity contribution in [2.24, 2.45) is 5.73 Å². The number of anilines is 1. The van der Waals surface area contributed by atoms with Gasteiger partial charge in [-0.25, -0.2) is 14.1 Å². The Labute approximate surface area is 115 Å². The fraction of sp³-hybridized carbons (Fsp3) is 0.100. The molecule has 2 rings (SSSR count). The SMILES string of the molecule is N=C(c1nonc1CN)N(O)c1ccc(F)c(Br)c1. The molecule has 7 nitrogen and oxygen atoms in total. The Morgan fingerprint density at radius 2 is 2.26 bits per heavy atom. The van der Waals surface area contributed by atoms with Crippen molar-refractivity contribution in [1.82, 2.24) is 10.3 Å². The predicted octanol–water partition coefficient (Wildman–Crippen LogP) is 1.65. The fourth-order valence-electron chi connectivity index (χ4n) is 1.37. The Balaban J connectivity index is 2.31. The van der Waals surface area contributed by atoms with Crippen molar-refractivity contribution in [2.75, 3.05) is 5.06 Å². The van der Waals surface area contributed by atoms with E-state index in [0.717, 1.165) is 6.07 Å². The summed E-state index contributed by atoms with van der Waals surface area (Å²) in [7, 11) is 0. The van der Waals surface area contributed by atoms with Crippen LogP contribution in [0.1, 0.15) is 11.4 Å². The number of aromatic nitrogens is 2. The lowest BCUT2D eigenvalue weighted by Gasteiger charge is -2.16. The van der Waals surface area contributed by atoms with Gasteiger partial charge in [-0.15, -0.1) is 0 Å². The zero-order valence-electron chi connectivity index (χ0n) is 9.47. The first kappa shape index (κ1) is 13.6. The van der Waals surface area contributed by atoms with Gasteiger partial charge in [-0.3, -0.25) is 10.6 Å². The minimum atomic E-state index is -0.477. The minimum Gasteiger partial charge on any atom is -0.325 e. The summed E-state index contributed by atoms with van der Waals surface area (Å²) in [4.78, 5) is 0. The summed E-state index contributed by atoms with van der Waals surface area (Å²) >= 11 is 2.99. The smallest absolute Gasteiger partial charge is 0.182 e. The Morgan fingerprint density at radius 3 is 2.89 bits per heavy atom. The summed E-state index contributed by atoms with van der Waals surface area (Å²) in [5, 5.41) is 25.2. The molecule has 0 saturated heterocycles. The summed E-state index contributed by atoms with van der Waals surface area (Å²) in [6, 6.07) is 3.78. The number of rotatable bonds is 3. The molecule has 1 heterocycles. The fourth-order valence-corrected chi connectivity index (χ4v) is 1.73. The zero-order valence-corrected chi connectivity index (χ0v) is 11.1. The second-order valence-electron chi connectivity index (χ2n) is 3.52. The summed E-state index contributed by atoms with van der Waals surface area (Å²) in [5.41, 5.74) is 5.84. The number of amidine groups is 1. The number of hydrogen-bond acceptors (Lipinski definition) is 6. The second-order valence-corrected chi connectivity index (χ2v) is 4.38. The van der Waals surface area contributed by atoms with Crippen LogP contribution in [0.15, 0.2) is 27.3 Å². The van der Waals surface area contributed by atoms with Crippen LogP contribution in [-0.4, -0.2) is 21.4 Å². The van der Waals surface area contributed by atoms with E-state index in [9.17, 15) is 9.60 Å². The van der Waals surface area contributed by atoms with Gasteiger partial charge in [0, 0.05) is 6.54 Å². The molecule has 0 unspecified atom stereocenters. The number of nitrogens with two attached hydrogens (primary N) is 1. The lowest BCUT2D eigenvalue weighted by Crippen LogP contribution is -2.28. The van der Waals surface area contributed by atoms with Gasteiger partial charge in [0.25, 0.3) is 0 Å². The zero-order chi connectivity index (χ0) is 14.0. The second kappa shape index (κ2) is 5.43. The van der Waals surface area contributed by atoms with E-state index in [1.807, 2.05) is 0 Å². The van der Waals surface area contributed by atoms with Gasteiger partial charge < -0.3 is 5.73 Å². The van der Waals surface area contributed by atoms with Crippen molar-refractivity contribution in [3.8, 4) is 0 Å². The first-order valence-corrected chi connectivity index (χ1v) is 5.88. The Hall–Kier alpha value is -1.84. The van der Waals surface area contributed by atoms with E-state index in [0.29, 0.717) is 5.06 Å². The van der Waals surface area contributed by atoms with E-state index in [1.54, 1.807) is 0 Å². The van der Waals surface area contributed by atoms with Crippen LogP contribution >= 0.6 is 15.9 Å². The van der Waals surface area contributed by atoms with Crippen LogP contribution in [-0.2, 0) is 6.54 Å². The molecule has 0 radical (unpaired) electrons. The molecule has 4 N–H and O–H groups in total. The molecule has 0 aliphatic carbocycles. The van der Waals surface area contributed by atoms with Gasteiger partial charge in [-0.2, -0.15) is 0 Å². The number of hydrogen-bond donors (Lipinski definition) is 3. The third kappa shape index (κ3) is 2.62. The average Bonchev–Trinajstić information content (AvgIpc) is 2.88. The molecule has 100 valence electrons. The first-order valence-electron chi connectivity index (χ1n) is 5.09. The maximum atomic E-state index is 13.1. The van der Waals surface area contributed by atoms with E-state index in [2.05, 4.69) is 30.9 Å². The highest BCUT2D eigenvalue weighted by Gasteiger charge is 2.20. The van der Waals surface area contributed by atoms with Gasteiger partial charge in [-0.1, -0.05) is 5.16 Å². The van der Waals surface area contributed by atoms with E-state index in [-0.39, 0.29) is 33.9 Å². The lowest BCUT2D eigenvalue weighted by atomic mass is 10.2. The van der Waals surface area contributed by atoms with Crippen molar-refractivity contribution in [3.05, 3.63) is 39.9 Å². The third-order valence-electron chi connectivity index (χ3n) is 2.33. The highest BCUT2D eigenvalue weighted by molar-refractivity contribution is 9.10. The number of nitrogens with one attached hydrogen (secondary N) is 1. The molecule has 2 aromatic rings. The van der Waals surface area contributed by atoms with Crippen LogP contribution in [0.5, 0.6) is 0 Å². The Morgan fingerprint density at radius 1 is 1.53 bits per heavy atom. The van der Waals surface area contributed by atoms with Crippen molar-refractivity contribution in [1.29, 1.82) is 5.41 Å². The first-order chi connectivity index (χ1) is 9.04. The monoisotopic (exact) mass is 329 g/mol. The predicted molar refractivity (Wildman–Crippen MR) is 67.4 cm³/mol. The van der Waals surface area contributed by atoms with Crippen LogP contribution in [0, 0.1) is 11.2 Å². The molecular formula is C10H9BrFN5O2. The molecule has 0 atom stereocenters. The van der Waals surface area contributed by atoms with Crippen LogP contribution in [0.25, 0.3) is 0 Å². The van der Waals surface area contributed by atoms with E-state index in [1.165, 1.54) is 12.1 Å². The lowest BCUT2D eigenvalue weighted by molar-refractivity contribution is 0.298. The number of hydroxylamine groups is 1. The van der Waals surface area contributed by atoms with Crippen LogP contribution < -0.4 is 10.8 Å². The maximum absolute atomic E-state index is 13.1. The van der Waals surface area contributed by atoms with Gasteiger partial charge in [-0.05, 0) is 39.3 Å². The summed E-state index contributed by atoms with van der Waals surface area (Å²) in [6.45, 7) is 0.0160. The average molecular weight is 330 g/mol. The van der Waals surface area contributed by atoms with Crippen molar-refractivity contribution in [2.45, 2.75) is 6.54 Å². The van der Waals surface area contributed by atoms with Crippen molar-refractivity contribution >= 4 is 27.5 Å². The molecule has 0 fully saturated rings. The molecule has 19 heavy (non-hydrogen) atoms. The van der Waals surface area contributed by atoms with Crippen LogP contribution in [0.4, 0.5) is 10.1 Å². The Kier molecular flexibility index (Phi) is 3.88. The van der Waals surface area contributed by atoms with E-state index >= 15 is 0 Å². The third-order valence-corrected chi connectivity index (χ3v) is 2.94. The van der Waals surface area contributed by atoms with Gasteiger partial charge in [0.1, 0.15) is 11.5 Å². The highest BCUT2D eigenvalue weighted by atomic mass is 79.9.